The van der Waals surface area contributed by atoms with Crippen LogP contribution in [0.2, 0.25) is 0 Å². The Hall–Kier alpha value is -1.34. The summed E-state index contributed by atoms with van der Waals surface area (Å²) in [6, 6.07) is 2.09. The number of aryl methyl sites for hydroxylation is 3. The number of thiazole rings is 1. The van der Waals surface area contributed by atoms with E-state index in [1.165, 1.54) is 11.8 Å². The number of hydrogen-bond acceptors (Lipinski definition) is 5. The molecule has 0 bridgehead atoms. The Morgan fingerprint density at radius 1 is 1.43 bits per heavy atom. The molecule has 1 N–H and O–H groups in total. The summed E-state index contributed by atoms with van der Waals surface area (Å²) in [6.07, 6.45) is 0. The Bertz CT molecular complexity index is 620. The van der Waals surface area contributed by atoms with Crippen LogP contribution in [0.3, 0.4) is 0 Å². The van der Waals surface area contributed by atoms with Gasteiger partial charge in [0, 0.05) is 22.8 Å². The highest BCUT2D eigenvalue weighted by molar-refractivity contribution is 8.01. The van der Waals surface area contributed by atoms with E-state index in [0.717, 1.165) is 21.4 Å². The molecule has 2 heterocycles. The van der Waals surface area contributed by atoms with Gasteiger partial charge < -0.3 is 5.32 Å². The number of thioether (sulfide) groups is 1. The minimum absolute atomic E-state index is 0.0295. The number of nitrogens with zero attached hydrogens (tertiary/aromatic N) is 3. The van der Waals surface area contributed by atoms with Crippen LogP contribution in [-0.4, -0.2) is 32.5 Å². The maximum atomic E-state index is 11.9. The van der Waals surface area contributed by atoms with Crippen molar-refractivity contribution in [3.05, 3.63) is 28.5 Å². The van der Waals surface area contributed by atoms with Gasteiger partial charge >= 0.3 is 0 Å². The zero-order valence-electron chi connectivity index (χ0n) is 12.7. The number of rotatable bonds is 6. The van der Waals surface area contributed by atoms with Crippen molar-refractivity contribution in [3.63, 3.8) is 0 Å². The monoisotopic (exact) mass is 324 g/mol. The molecule has 21 heavy (non-hydrogen) atoms. The van der Waals surface area contributed by atoms with E-state index in [0.29, 0.717) is 12.3 Å². The van der Waals surface area contributed by atoms with Crippen LogP contribution < -0.4 is 5.32 Å². The second-order valence-corrected chi connectivity index (χ2v) is 7.20. The molecular formula is C14H20N4OS2. The van der Waals surface area contributed by atoms with Crippen LogP contribution in [0.15, 0.2) is 15.8 Å². The Morgan fingerprint density at radius 3 is 2.76 bits per heavy atom. The minimum atomic E-state index is 0.0295. The van der Waals surface area contributed by atoms with Gasteiger partial charge in [-0.1, -0.05) is 11.8 Å². The summed E-state index contributed by atoms with van der Waals surface area (Å²) in [7, 11) is 0. The van der Waals surface area contributed by atoms with Crippen molar-refractivity contribution in [2.24, 2.45) is 0 Å². The van der Waals surface area contributed by atoms with E-state index in [9.17, 15) is 4.79 Å². The van der Waals surface area contributed by atoms with Crippen LogP contribution in [0, 0.1) is 20.8 Å². The highest BCUT2D eigenvalue weighted by Gasteiger charge is 2.11. The lowest BCUT2D eigenvalue weighted by molar-refractivity contribution is -0.119. The molecule has 5 nitrogen and oxygen atoms in total. The Kier molecular flexibility index (Phi) is 5.41. The molecule has 0 aliphatic heterocycles. The van der Waals surface area contributed by atoms with Gasteiger partial charge in [0.15, 0.2) is 4.34 Å². The molecule has 0 aromatic carbocycles. The first-order valence-electron chi connectivity index (χ1n) is 6.79. The summed E-state index contributed by atoms with van der Waals surface area (Å²) >= 11 is 3.05. The van der Waals surface area contributed by atoms with Gasteiger partial charge in [-0.05, 0) is 33.8 Å². The van der Waals surface area contributed by atoms with E-state index >= 15 is 0 Å². The molecular weight excluding hydrogens is 304 g/mol. The van der Waals surface area contributed by atoms with Gasteiger partial charge in [-0.15, -0.1) is 11.3 Å². The second-order valence-electron chi connectivity index (χ2n) is 5.12. The van der Waals surface area contributed by atoms with Crippen LogP contribution in [0.1, 0.15) is 24.0 Å². The first-order valence-corrected chi connectivity index (χ1v) is 8.66. The van der Waals surface area contributed by atoms with Gasteiger partial charge in [0.05, 0.1) is 18.0 Å². The van der Waals surface area contributed by atoms with Crippen molar-refractivity contribution in [3.8, 4) is 0 Å². The largest absolute Gasteiger partial charge is 0.351 e. The van der Waals surface area contributed by atoms with E-state index in [-0.39, 0.29) is 11.9 Å². The van der Waals surface area contributed by atoms with Crippen molar-refractivity contribution in [1.29, 1.82) is 0 Å². The van der Waals surface area contributed by atoms with Crippen LogP contribution in [0.5, 0.6) is 0 Å². The fourth-order valence-electron chi connectivity index (χ4n) is 2.01. The maximum absolute atomic E-state index is 11.9. The number of carbonyl (C=O) groups is 1. The molecule has 1 atom stereocenters. The molecule has 1 amide bonds. The molecule has 2 aromatic rings. The predicted octanol–water partition coefficient (Wildman–Crippen LogP) is 2.56. The summed E-state index contributed by atoms with van der Waals surface area (Å²) in [5.74, 6) is 0.427. The topological polar surface area (TPSA) is 59.8 Å². The molecule has 0 saturated heterocycles. The summed E-state index contributed by atoms with van der Waals surface area (Å²) in [5.41, 5.74) is 3.11. The molecule has 7 heteroatoms. The average Bonchev–Trinajstić information content (AvgIpc) is 2.93. The predicted molar refractivity (Wildman–Crippen MR) is 86.9 cm³/mol. The lowest BCUT2D eigenvalue weighted by Crippen LogP contribution is -2.37. The summed E-state index contributed by atoms with van der Waals surface area (Å²) in [5, 5.41) is 9.40. The fourth-order valence-corrected chi connectivity index (χ4v) is 3.67. The van der Waals surface area contributed by atoms with Crippen molar-refractivity contribution < 1.29 is 4.79 Å². The molecule has 0 unspecified atom stereocenters. The maximum Gasteiger partial charge on any atom is 0.230 e. The van der Waals surface area contributed by atoms with Gasteiger partial charge in [0.2, 0.25) is 5.91 Å². The molecule has 0 fully saturated rings. The van der Waals surface area contributed by atoms with E-state index in [4.69, 9.17) is 0 Å². The van der Waals surface area contributed by atoms with Gasteiger partial charge in [-0.3, -0.25) is 9.48 Å². The lowest BCUT2D eigenvalue weighted by Gasteiger charge is -2.14. The normalized spacial score (nSPS) is 12.4. The molecule has 114 valence electrons. The standard InChI is InChI=1S/C14H20N4OS2/c1-9-5-12(4)18(17-9)6-10(2)15-13(19)8-21-14-16-11(3)7-20-14/h5,7,10H,6,8H2,1-4H3,(H,15,19)/t10-/m0/s1. The summed E-state index contributed by atoms with van der Waals surface area (Å²) in [6.45, 7) is 8.63. The highest BCUT2D eigenvalue weighted by Crippen LogP contribution is 2.21. The van der Waals surface area contributed by atoms with Gasteiger partial charge in [-0.2, -0.15) is 5.10 Å². The molecule has 2 rings (SSSR count). The summed E-state index contributed by atoms with van der Waals surface area (Å²) < 4.78 is 2.87. The average molecular weight is 324 g/mol. The fraction of sp³-hybridized carbons (Fsp3) is 0.500. The van der Waals surface area contributed by atoms with E-state index in [1.807, 2.05) is 43.8 Å². The molecule has 2 aromatic heterocycles. The van der Waals surface area contributed by atoms with E-state index in [1.54, 1.807) is 11.3 Å². The number of nitrogens with one attached hydrogen (secondary N) is 1. The first kappa shape index (κ1) is 16.0. The van der Waals surface area contributed by atoms with Gasteiger partial charge in [0.25, 0.3) is 0 Å². The third kappa shape index (κ3) is 4.86. The first-order chi connectivity index (χ1) is 9.94. The second kappa shape index (κ2) is 7.09. The van der Waals surface area contributed by atoms with E-state index < -0.39 is 0 Å². The number of carbonyl (C=O) groups excluding carboxylic acids is 1. The third-order valence-corrected chi connectivity index (χ3v) is 5.02. The Morgan fingerprint density at radius 2 is 2.19 bits per heavy atom. The Balaban J connectivity index is 1.78. The van der Waals surface area contributed by atoms with Crippen molar-refractivity contribution in [2.45, 2.75) is 44.6 Å². The minimum Gasteiger partial charge on any atom is -0.351 e. The molecule has 0 aliphatic carbocycles. The summed E-state index contributed by atoms with van der Waals surface area (Å²) in [4.78, 5) is 16.3. The molecule has 0 radical (unpaired) electrons. The number of amides is 1. The zero-order valence-corrected chi connectivity index (χ0v) is 14.3. The van der Waals surface area contributed by atoms with Gasteiger partial charge in [-0.25, -0.2) is 4.98 Å². The third-order valence-electron chi connectivity index (χ3n) is 2.88. The van der Waals surface area contributed by atoms with Crippen LogP contribution >= 0.6 is 23.1 Å². The smallest absolute Gasteiger partial charge is 0.230 e. The quantitative estimate of drug-likeness (QED) is 0.830. The van der Waals surface area contributed by atoms with Crippen LogP contribution in [0.4, 0.5) is 0 Å². The van der Waals surface area contributed by atoms with Crippen molar-refractivity contribution in [1.82, 2.24) is 20.1 Å². The lowest BCUT2D eigenvalue weighted by atomic mass is 10.3. The zero-order chi connectivity index (χ0) is 15.4. The van der Waals surface area contributed by atoms with Crippen LogP contribution in [-0.2, 0) is 11.3 Å². The number of aromatic nitrogens is 3. The van der Waals surface area contributed by atoms with Crippen LogP contribution in [0.25, 0.3) is 0 Å². The SMILES string of the molecule is Cc1csc(SCC(=O)N[C@@H](C)Cn2nc(C)cc2C)n1. The Labute approximate surface area is 133 Å². The van der Waals surface area contributed by atoms with Gasteiger partial charge in [0.1, 0.15) is 0 Å². The number of hydrogen-bond donors (Lipinski definition) is 1. The molecule has 0 aliphatic rings. The molecule has 0 spiro atoms. The van der Waals surface area contributed by atoms with E-state index in [2.05, 4.69) is 15.4 Å². The molecule has 0 saturated carbocycles. The van der Waals surface area contributed by atoms with Crippen molar-refractivity contribution in [2.75, 3.05) is 5.75 Å². The van der Waals surface area contributed by atoms with Crippen molar-refractivity contribution >= 4 is 29.0 Å². The highest BCUT2D eigenvalue weighted by atomic mass is 32.2.